The van der Waals surface area contributed by atoms with Crippen molar-refractivity contribution in [2.75, 3.05) is 5.32 Å². The summed E-state index contributed by atoms with van der Waals surface area (Å²) in [5, 5.41) is 12.6. The lowest BCUT2D eigenvalue weighted by atomic mass is 9.91. The molecule has 0 bridgehead atoms. The van der Waals surface area contributed by atoms with Crippen molar-refractivity contribution in [2.45, 2.75) is 19.3 Å². The van der Waals surface area contributed by atoms with E-state index in [1.165, 1.54) is 12.1 Å². The molecule has 7 heteroatoms. The molecular formula is C26H19BrFN3O2. The largest absolute Gasteiger partial charge is 0.508 e. The molecule has 164 valence electrons. The number of nitrogens with zero attached hydrogens (tertiary/aromatic N) is 2. The molecule has 0 aliphatic heterocycles. The Labute approximate surface area is 198 Å². The number of carbonyl (C=O) groups excluding carboxylic acids is 1. The SMILES string of the molecule is O=C(Cc1ccc(Br)cc1)Nc1nc2c(nc1-c1ccc(O)cc1)-c1ccc(F)cc1CC2. The van der Waals surface area contributed by atoms with Crippen molar-refractivity contribution in [2.24, 2.45) is 0 Å². The number of fused-ring (bicyclic) bond motifs is 3. The van der Waals surface area contributed by atoms with Crippen molar-refractivity contribution in [3.8, 4) is 28.3 Å². The second kappa shape index (κ2) is 8.75. The minimum atomic E-state index is -0.277. The second-order valence-electron chi connectivity index (χ2n) is 7.92. The zero-order valence-corrected chi connectivity index (χ0v) is 19.1. The van der Waals surface area contributed by atoms with Gasteiger partial charge in [-0.2, -0.15) is 0 Å². The number of rotatable bonds is 4. The van der Waals surface area contributed by atoms with E-state index in [0.717, 1.165) is 26.9 Å². The summed E-state index contributed by atoms with van der Waals surface area (Å²) in [7, 11) is 0. The minimum Gasteiger partial charge on any atom is -0.508 e. The molecule has 33 heavy (non-hydrogen) atoms. The maximum atomic E-state index is 13.8. The van der Waals surface area contributed by atoms with Crippen molar-refractivity contribution in [3.05, 3.63) is 93.8 Å². The smallest absolute Gasteiger partial charge is 0.230 e. The van der Waals surface area contributed by atoms with Gasteiger partial charge < -0.3 is 10.4 Å². The zero-order chi connectivity index (χ0) is 22.9. The third-order valence-electron chi connectivity index (χ3n) is 5.60. The van der Waals surface area contributed by atoms with Crippen LogP contribution in [0.2, 0.25) is 0 Å². The quantitative estimate of drug-likeness (QED) is 0.374. The number of phenols is 1. The van der Waals surface area contributed by atoms with Crippen LogP contribution in [0.1, 0.15) is 16.8 Å². The van der Waals surface area contributed by atoms with Gasteiger partial charge in [0.05, 0.1) is 17.8 Å². The Morgan fingerprint density at radius 3 is 2.48 bits per heavy atom. The molecule has 0 radical (unpaired) electrons. The molecule has 1 amide bonds. The van der Waals surface area contributed by atoms with E-state index in [9.17, 15) is 14.3 Å². The first-order valence-corrected chi connectivity index (χ1v) is 11.3. The Morgan fingerprint density at radius 1 is 0.970 bits per heavy atom. The van der Waals surface area contributed by atoms with Crippen LogP contribution in [0.4, 0.5) is 10.2 Å². The van der Waals surface area contributed by atoms with Crippen LogP contribution in [0.25, 0.3) is 22.5 Å². The summed E-state index contributed by atoms with van der Waals surface area (Å²) in [6, 6.07) is 18.8. The van der Waals surface area contributed by atoms with Gasteiger partial charge in [-0.15, -0.1) is 0 Å². The number of nitrogens with one attached hydrogen (secondary N) is 1. The van der Waals surface area contributed by atoms with E-state index in [2.05, 4.69) is 21.2 Å². The average molecular weight is 504 g/mol. The summed E-state index contributed by atoms with van der Waals surface area (Å²) >= 11 is 3.40. The first kappa shape index (κ1) is 21.3. The van der Waals surface area contributed by atoms with Gasteiger partial charge in [0.25, 0.3) is 0 Å². The van der Waals surface area contributed by atoms with E-state index < -0.39 is 0 Å². The van der Waals surface area contributed by atoms with E-state index in [1.54, 1.807) is 30.3 Å². The highest BCUT2D eigenvalue weighted by atomic mass is 79.9. The van der Waals surface area contributed by atoms with Gasteiger partial charge in [-0.05, 0) is 78.6 Å². The molecule has 3 aromatic carbocycles. The number of aromatic hydroxyl groups is 1. The molecule has 0 spiro atoms. The van der Waals surface area contributed by atoms with Crippen LogP contribution in [-0.4, -0.2) is 21.0 Å². The minimum absolute atomic E-state index is 0.131. The number of phenolic OH excluding ortho intramolecular Hbond substituents is 1. The van der Waals surface area contributed by atoms with Gasteiger partial charge in [0.2, 0.25) is 5.91 Å². The zero-order valence-electron chi connectivity index (χ0n) is 17.5. The summed E-state index contributed by atoms with van der Waals surface area (Å²) in [4.78, 5) is 22.5. The number of hydrogen-bond donors (Lipinski definition) is 2. The first-order chi connectivity index (χ1) is 16.0. The van der Waals surface area contributed by atoms with Gasteiger partial charge in [-0.1, -0.05) is 28.1 Å². The lowest BCUT2D eigenvalue weighted by Gasteiger charge is -2.21. The highest BCUT2D eigenvalue weighted by Gasteiger charge is 2.23. The molecule has 0 fully saturated rings. The molecule has 4 aromatic rings. The fraction of sp³-hybridized carbons (Fsp3) is 0.115. The van der Waals surface area contributed by atoms with Gasteiger partial charge in [-0.3, -0.25) is 4.79 Å². The number of hydrogen-bond acceptors (Lipinski definition) is 4. The van der Waals surface area contributed by atoms with Crippen LogP contribution < -0.4 is 5.32 Å². The monoisotopic (exact) mass is 503 g/mol. The second-order valence-corrected chi connectivity index (χ2v) is 8.83. The number of benzene rings is 3. The number of aryl methyl sites for hydroxylation is 2. The average Bonchev–Trinajstić information content (AvgIpc) is 2.80. The molecule has 0 saturated carbocycles. The molecule has 0 atom stereocenters. The van der Waals surface area contributed by atoms with Gasteiger partial charge in [0.1, 0.15) is 17.3 Å². The van der Waals surface area contributed by atoms with Crippen molar-refractivity contribution >= 4 is 27.7 Å². The number of carbonyl (C=O) groups is 1. The van der Waals surface area contributed by atoms with Crippen molar-refractivity contribution in [3.63, 3.8) is 0 Å². The summed E-state index contributed by atoms with van der Waals surface area (Å²) in [6.45, 7) is 0. The Morgan fingerprint density at radius 2 is 1.73 bits per heavy atom. The maximum absolute atomic E-state index is 13.8. The van der Waals surface area contributed by atoms with Crippen LogP contribution in [0.5, 0.6) is 5.75 Å². The fourth-order valence-corrected chi connectivity index (χ4v) is 4.25. The predicted octanol–water partition coefficient (Wildman–Crippen LogP) is 5.70. The van der Waals surface area contributed by atoms with Gasteiger partial charge in [-0.25, -0.2) is 14.4 Å². The van der Waals surface area contributed by atoms with Crippen LogP contribution >= 0.6 is 15.9 Å². The van der Waals surface area contributed by atoms with E-state index in [-0.39, 0.29) is 23.9 Å². The normalized spacial score (nSPS) is 12.1. The molecule has 1 aromatic heterocycles. The van der Waals surface area contributed by atoms with Crippen molar-refractivity contribution in [1.29, 1.82) is 0 Å². The van der Waals surface area contributed by atoms with Gasteiger partial charge in [0, 0.05) is 15.6 Å². The third kappa shape index (κ3) is 4.50. The van der Waals surface area contributed by atoms with Crippen molar-refractivity contribution < 1.29 is 14.3 Å². The summed E-state index contributed by atoms with van der Waals surface area (Å²) in [5.41, 5.74) is 5.26. The number of aromatic nitrogens is 2. The predicted molar refractivity (Wildman–Crippen MR) is 128 cm³/mol. The molecule has 1 aliphatic rings. The topological polar surface area (TPSA) is 75.1 Å². The highest BCUT2D eigenvalue weighted by Crippen LogP contribution is 2.36. The highest BCUT2D eigenvalue weighted by molar-refractivity contribution is 9.10. The lowest BCUT2D eigenvalue weighted by Crippen LogP contribution is -2.19. The van der Waals surface area contributed by atoms with Crippen LogP contribution in [-0.2, 0) is 24.1 Å². The Balaban J connectivity index is 1.55. The van der Waals surface area contributed by atoms with E-state index in [1.807, 2.05) is 24.3 Å². The lowest BCUT2D eigenvalue weighted by molar-refractivity contribution is -0.115. The summed E-state index contributed by atoms with van der Waals surface area (Å²) < 4.78 is 14.7. The third-order valence-corrected chi connectivity index (χ3v) is 6.13. The Kier molecular flexibility index (Phi) is 5.64. The molecule has 0 unspecified atom stereocenters. The van der Waals surface area contributed by atoms with E-state index in [4.69, 9.17) is 9.97 Å². The summed E-state index contributed by atoms with van der Waals surface area (Å²) in [5.74, 6) is 0.0176. The van der Waals surface area contributed by atoms with Crippen LogP contribution in [0.3, 0.4) is 0 Å². The molecule has 1 heterocycles. The molecule has 5 nitrogen and oxygen atoms in total. The molecule has 1 aliphatic carbocycles. The standard InChI is InChI=1S/C26H19BrFN3O2/c27-18-6-1-15(2-7-18)13-23(33)30-26-24(16-3-9-20(32)10-4-16)31-25-21-11-8-19(28)14-17(21)5-12-22(25)29-26/h1-4,6-11,14,32H,5,12-13H2,(H,29,30,33). The van der Waals surface area contributed by atoms with E-state index >= 15 is 0 Å². The Bertz CT molecular complexity index is 1360. The molecule has 0 saturated heterocycles. The molecule has 5 rings (SSSR count). The van der Waals surface area contributed by atoms with Crippen LogP contribution in [0, 0.1) is 5.82 Å². The molecule has 2 N–H and O–H groups in total. The van der Waals surface area contributed by atoms with Crippen molar-refractivity contribution in [1.82, 2.24) is 9.97 Å². The summed E-state index contributed by atoms with van der Waals surface area (Å²) in [6.07, 6.45) is 1.45. The Hall–Kier alpha value is -3.58. The maximum Gasteiger partial charge on any atom is 0.230 e. The number of anilines is 1. The van der Waals surface area contributed by atoms with Crippen LogP contribution in [0.15, 0.2) is 71.2 Å². The van der Waals surface area contributed by atoms with Gasteiger partial charge in [0.15, 0.2) is 5.82 Å². The molecular weight excluding hydrogens is 485 g/mol. The first-order valence-electron chi connectivity index (χ1n) is 10.5. The number of amides is 1. The fourth-order valence-electron chi connectivity index (χ4n) is 3.98. The number of halogens is 2. The van der Waals surface area contributed by atoms with Gasteiger partial charge >= 0.3 is 0 Å². The van der Waals surface area contributed by atoms with E-state index in [0.29, 0.717) is 35.6 Å².